The predicted molar refractivity (Wildman–Crippen MR) is 72.8 cm³/mol. The summed E-state index contributed by atoms with van der Waals surface area (Å²) in [5.41, 5.74) is 5.92. The normalized spacial score (nSPS) is 11.3. The number of amidine groups is 1. The smallest absolute Gasteiger partial charge is 0.250 e. The highest BCUT2D eigenvalue weighted by Crippen LogP contribution is 2.24. The van der Waals surface area contributed by atoms with Crippen LogP contribution in [0.3, 0.4) is 0 Å². The lowest BCUT2D eigenvalue weighted by atomic mass is 10.3. The molecule has 0 aliphatic carbocycles. The second-order valence-corrected chi connectivity index (χ2v) is 4.39. The van der Waals surface area contributed by atoms with Gasteiger partial charge in [-0.25, -0.2) is 0 Å². The SMILES string of the molecule is CSc1ccc(Oc2nnccc2/C(N)=N/O)cc1. The van der Waals surface area contributed by atoms with Crippen LogP contribution in [-0.4, -0.2) is 27.5 Å². The summed E-state index contributed by atoms with van der Waals surface area (Å²) in [7, 11) is 0. The second-order valence-electron chi connectivity index (χ2n) is 3.51. The third-order valence-corrected chi connectivity index (χ3v) is 3.09. The first-order chi connectivity index (χ1) is 9.24. The van der Waals surface area contributed by atoms with E-state index in [4.69, 9.17) is 15.7 Å². The number of nitrogens with two attached hydrogens (primary N) is 1. The Morgan fingerprint density at radius 2 is 2.05 bits per heavy atom. The fourth-order valence-corrected chi connectivity index (χ4v) is 1.81. The van der Waals surface area contributed by atoms with Crippen molar-refractivity contribution in [2.75, 3.05) is 6.26 Å². The molecule has 7 heteroatoms. The van der Waals surface area contributed by atoms with Gasteiger partial charge in [-0.2, -0.15) is 5.10 Å². The van der Waals surface area contributed by atoms with Crippen molar-refractivity contribution < 1.29 is 9.94 Å². The molecule has 0 aliphatic heterocycles. The molecular weight excluding hydrogens is 264 g/mol. The Labute approximate surface area is 114 Å². The second kappa shape index (κ2) is 6.05. The maximum Gasteiger partial charge on any atom is 0.250 e. The number of hydrogen-bond donors (Lipinski definition) is 2. The minimum absolute atomic E-state index is 0.0781. The van der Waals surface area contributed by atoms with Gasteiger partial charge >= 0.3 is 0 Å². The zero-order valence-electron chi connectivity index (χ0n) is 10.1. The Balaban J connectivity index is 2.27. The molecule has 0 fully saturated rings. The maximum absolute atomic E-state index is 8.70. The number of hydrogen-bond acceptors (Lipinski definition) is 6. The predicted octanol–water partition coefficient (Wildman–Crippen LogP) is 2.09. The fraction of sp³-hybridized carbons (Fsp3) is 0.0833. The average molecular weight is 276 g/mol. The van der Waals surface area contributed by atoms with Crippen molar-refractivity contribution in [2.24, 2.45) is 10.9 Å². The van der Waals surface area contributed by atoms with Crippen LogP contribution < -0.4 is 10.5 Å². The molecule has 2 aromatic rings. The molecule has 0 radical (unpaired) electrons. The molecule has 0 saturated heterocycles. The summed E-state index contributed by atoms with van der Waals surface area (Å²) in [6, 6.07) is 9.06. The van der Waals surface area contributed by atoms with Crippen molar-refractivity contribution in [3.8, 4) is 11.6 Å². The van der Waals surface area contributed by atoms with E-state index in [1.54, 1.807) is 17.8 Å². The molecule has 3 N–H and O–H groups in total. The fourth-order valence-electron chi connectivity index (χ4n) is 1.40. The van der Waals surface area contributed by atoms with Crippen molar-refractivity contribution in [2.45, 2.75) is 4.90 Å². The van der Waals surface area contributed by atoms with Gasteiger partial charge in [-0.05, 0) is 36.6 Å². The molecule has 0 spiro atoms. The van der Waals surface area contributed by atoms with Crippen molar-refractivity contribution in [1.82, 2.24) is 10.2 Å². The summed E-state index contributed by atoms with van der Waals surface area (Å²) in [6.45, 7) is 0. The number of ether oxygens (including phenoxy) is 1. The van der Waals surface area contributed by atoms with Crippen LogP contribution in [0.4, 0.5) is 0 Å². The van der Waals surface area contributed by atoms with E-state index in [0.717, 1.165) is 4.90 Å². The van der Waals surface area contributed by atoms with Crippen LogP contribution in [0, 0.1) is 0 Å². The number of aromatic nitrogens is 2. The summed E-state index contributed by atoms with van der Waals surface area (Å²) in [6.07, 6.45) is 3.44. The molecule has 19 heavy (non-hydrogen) atoms. The van der Waals surface area contributed by atoms with E-state index in [1.165, 1.54) is 6.20 Å². The average Bonchev–Trinajstić information content (AvgIpc) is 2.48. The maximum atomic E-state index is 8.70. The number of nitrogens with zero attached hydrogens (tertiary/aromatic N) is 3. The van der Waals surface area contributed by atoms with Gasteiger partial charge in [0, 0.05) is 4.90 Å². The number of benzene rings is 1. The van der Waals surface area contributed by atoms with E-state index in [-0.39, 0.29) is 11.7 Å². The molecule has 98 valence electrons. The van der Waals surface area contributed by atoms with Gasteiger partial charge in [-0.3, -0.25) is 0 Å². The topological polar surface area (TPSA) is 93.6 Å². The van der Waals surface area contributed by atoms with E-state index in [9.17, 15) is 0 Å². The zero-order chi connectivity index (χ0) is 13.7. The summed E-state index contributed by atoms with van der Waals surface area (Å²) in [5.74, 6) is 0.714. The van der Waals surface area contributed by atoms with Gasteiger partial charge in [0.05, 0.1) is 11.8 Å². The summed E-state index contributed by atoms with van der Waals surface area (Å²) in [4.78, 5) is 1.13. The first kappa shape index (κ1) is 13.2. The lowest BCUT2D eigenvalue weighted by Gasteiger charge is -2.08. The van der Waals surface area contributed by atoms with Crippen LogP contribution >= 0.6 is 11.8 Å². The van der Waals surface area contributed by atoms with Crippen LogP contribution in [0.2, 0.25) is 0 Å². The monoisotopic (exact) mass is 276 g/mol. The zero-order valence-corrected chi connectivity index (χ0v) is 11.0. The van der Waals surface area contributed by atoms with Gasteiger partial charge in [-0.15, -0.1) is 16.9 Å². The van der Waals surface area contributed by atoms with Crippen LogP contribution in [0.25, 0.3) is 0 Å². The molecule has 2 rings (SSSR count). The van der Waals surface area contributed by atoms with E-state index in [0.29, 0.717) is 11.3 Å². The van der Waals surface area contributed by atoms with E-state index in [1.807, 2.05) is 30.5 Å². The highest BCUT2D eigenvalue weighted by atomic mass is 32.2. The van der Waals surface area contributed by atoms with Gasteiger partial charge in [0.2, 0.25) is 5.88 Å². The molecule has 1 heterocycles. The van der Waals surface area contributed by atoms with Crippen LogP contribution in [0.1, 0.15) is 5.56 Å². The molecule has 1 aromatic heterocycles. The van der Waals surface area contributed by atoms with E-state index in [2.05, 4.69) is 15.4 Å². The molecule has 0 amide bonds. The first-order valence-electron chi connectivity index (χ1n) is 5.36. The van der Waals surface area contributed by atoms with Gasteiger partial charge < -0.3 is 15.7 Å². The van der Waals surface area contributed by atoms with Crippen molar-refractivity contribution in [3.05, 3.63) is 42.1 Å². The Bertz CT molecular complexity index is 587. The Hall–Kier alpha value is -2.28. The molecular formula is C12H12N4O2S. The lowest BCUT2D eigenvalue weighted by Crippen LogP contribution is -2.15. The first-order valence-corrected chi connectivity index (χ1v) is 6.58. The van der Waals surface area contributed by atoms with E-state index >= 15 is 0 Å². The van der Waals surface area contributed by atoms with Crippen LogP contribution in [-0.2, 0) is 0 Å². The Morgan fingerprint density at radius 1 is 1.32 bits per heavy atom. The van der Waals surface area contributed by atoms with E-state index < -0.39 is 0 Å². The standard InChI is InChI=1S/C12H12N4O2S/c1-19-9-4-2-8(3-5-9)18-12-10(11(13)16-17)6-7-14-15-12/h2-7,17H,1H3,(H2,13,16). The van der Waals surface area contributed by atoms with Crippen LogP contribution in [0.5, 0.6) is 11.6 Å². The summed E-state index contributed by atoms with van der Waals surface area (Å²) >= 11 is 1.64. The molecule has 0 atom stereocenters. The van der Waals surface area contributed by atoms with Crippen LogP contribution in [0.15, 0.2) is 46.6 Å². The quantitative estimate of drug-likeness (QED) is 0.292. The number of oxime groups is 1. The molecule has 0 unspecified atom stereocenters. The van der Waals surface area contributed by atoms with Crippen molar-refractivity contribution in [3.63, 3.8) is 0 Å². The Morgan fingerprint density at radius 3 is 2.68 bits per heavy atom. The molecule has 1 aromatic carbocycles. The summed E-state index contributed by atoms with van der Waals surface area (Å²) in [5, 5.41) is 19.2. The molecule has 0 saturated carbocycles. The lowest BCUT2D eigenvalue weighted by molar-refractivity contribution is 0.318. The molecule has 0 bridgehead atoms. The number of rotatable bonds is 4. The molecule has 6 nitrogen and oxygen atoms in total. The van der Waals surface area contributed by atoms with Crippen molar-refractivity contribution >= 4 is 17.6 Å². The molecule has 0 aliphatic rings. The summed E-state index contributed by atoms with van der Waals surface area (Å²) < 4.78 is 5.58. The largest absolute Gasteiger partial charge is 0.437 e. The minimum atomic E-state index is -0.0781. The number of thioether (sulfide) groups is 1. The van der Waals surface area contributed by atoms with Gasteiger partial charge in [0.15, 0.2) is 5.84 Å². The van der Waals surface area contributed by atoms with Crippen molar-refractivity contribution in [1.29, 1.82) is 0 Å². The van der Waals surface area contributed by atoms with Gasteiger partial charge in [0.25, 0.3) is 0 Å². The third kappa shape index (κ3) is 3.14. The highest BCUT2D eigenvalue weighted by molar-refractivity contribution is 7.98. The van der Waals surface area contributed by atoms with Gasteiger partial charge in [-0.1, -0.05) is 5.16 Å². The Kier molecular flexibility index (Phi) is 4.19. The highest BCUT2D eigenvalue weighted by Gasteiger charge is 2.11. The minimum Gasteiger partial charge on any atom is -0.437 e. The third-order valence-electron chi connectivity index (χ3n) is 2.34. The van der Waals surface area contributed by atoms with Gasteiger partial charge in [0.1, 0.15) is 5.75 Å².